The summed E-state index contributed by atoms with van der Waals surface area (Å²) in [5, 5.41) is 3.26. The zero-order valence-corrected chi connectivity index (χ0v) is 7.23. The largest absolute Gasteiger partial charge is 0.317 e. The van der Waals surface area contributed by atoms with E-state index in [9.17, 15) is 4.79 Å². The van der Waals surface area contributed by atoms with Crippen LogP contribution < -0.4 is 5.32 Å². The zero-order valence-electron chi connectivity index (χ0n) is 7.23. The Bertz CT molecular complexity index is 128. The van der Waals surface area contributed by atoms with Crippen molar-refractivity contribution in [3.63, 3.8) is 0 Å². The van der Waals surface area contributed by atoms with Gasteiger partial charge in [-0.1, -0.05) is 6.92 Å². The molecule has 0 unspecified atom stereocenters. The lowest BCUT2D eigenvalue weighted by Gasteiger charge is -2.20. The molecule has 1 saturated heterocycles. The molecule has 1 N–H and O–H groups in total. The summed E-state index contributed by atoms with van der Waals surface area (Å²) in [6.07, 6.45) is 3.89. The third-order valence-corrected chi connectivity index (χ3v) is 2.29. The number of carbonyl (C=O) groups excluding carboxylic acids is 1. The fourth-order valence-electron chi connectivity index (χ4n) is 1.59. The van der Waals surface area contributed by atoms with E-state index >= 15 is 0 Å². The minimum Gasteiger partial charge on any atom is -0.317 e. The van der Waals surface area contributed by atoms with E-state index in [1.165, 1.54) is 0 Å². The topological polar surface area (TPSA) is 29.1 Å². The van der Waals surface area contributed by atoms with Crippen LogP contribution in [0.4, 0.5) is 0 Å². The third-order valence-electron chi connectivity index (χ3n) is 2.29. The molecular weight excluding hydrogens is 138 g/mol. The summed E-state index contributed by atoms with van der Waals surface area (Å²) in [4.78, 5) is 11.4. The molecule has 0 bridgehead atoms. The van der Waals surface area contributed by atoms with Crippen LogP contribution in [-0.2, 0) is 4.79 Å². The summed E-state index contributed by atoms with van der Waals surface area (Å²) in [6.45, 7) is 4.12. The van der Waals surface area contributed by atoms with Crippen LogP contribution in [-0.4, -0.2) is 18.9 Å². The van der Waals surface area contributed by atoms with E-state index in [1.807, 2.05) is 0 Å². The zero-order chi connectivity index (χ0) is 8.10. The lowest BCUT2D eigenvalue weighted by atomic mass is 9.91. The summed E-state index contributed by atoms with van der Waals surface area (Å²) in [5.74, 6) is 0.852. The van der Waals surface area contributed by atoms with Gasteiger partial charge in [0.15, 0.2) is 0 Å². The Balaban J connectivity index is 2.27. The van der Waals surface area contributed by atoms with E-state index in [1.54, 1.807) is 0 Å². The average Bonchev–Trinajstić information content (AvgIpc) is 2.07. The monoisotopic (exact) mass is 155 g/mol. The molecule has 0 aliphatic carbocycles. The van der Waals surface area contributed by atoms with Crippen LogP contribution >= 0.6 is 0 Å². The summed E-state index contributed by atoms with van der Waals surface area (Å²) >= 11 is 0. The highest BCUT2D eigenvalue weighted by molar-refractivity contribution is 5.81. The molecule has 2 heteroatoms. The van der Waals surface area contributed by atoms with Gasteiger partial charge in [0.1, 0.15) is 5.78 Å². The highest BCUT2D eigenvalue weighted by Gasteiger charge is 2.19. The van der Waals surface area contributed by atoms with Crippen molar-refractivity contribution < 1.29 is 4.79 Å². The molecule has 0 aromatic rings. The first-order chi connectivity index (χ1) is 5.34. The molecule has 2 nitrogen and oxygen atoms in total. The summed E-state index contributed by atoms with van der Waals surface area (Å²) < 4.78 is 0. The van der Waals surface area contributed by atoms with E-state index in [0.717, 1.165) is 38.8 Å². The lowest BCUT2D eigenvalue weighted by molar-refractivity contribution is -0.123. The smallest absolute Gasteiger partial charge is 0.136 e. The normalized spacial score (nSPS) is 20.1. The van der Waals surface area contributed by atoms with Crippen molar-refractivity contribution in [2.45, 2.75) is 32.6 Å². The van der Waals surface area contributed by atoms with E-state index in [4.69, 9.17) is 0 Å². The first-order valence-electron chi connectivity index (χ1n) is 4.58. The highest BCUT2D eigenvalue weighted by atomic mass is 16.1. The van der Waals surface area contributed by atoms with Gasteiger partial charge in [-0.2, -0.15) is 0 Å². The quantitative estimate of drug-likeness (QED) is 0.666. The molecule has 0 atom stereocenters. The molecule has 1 rings (SSSR count). The summed E-state index contributed by atoms with van der Waals surface area (Å²) in [5.41, 5.74) is 0. The predicted octanol–water partition coefficient (Wildman–Crippen LogP) is 1.36. The van der Waals surface area contributed by atoms with Crippen LogP contribution in [0, 0.1) is 5.92 Å². The van der Waals surface area contributed by atoms with E-state index < -0.39 is 0 Å². The van der Waals surface area contributed by atoms with Crippen LogP contribution in [0.15, 0.2) is 0 Å². The number of ketones is 1. The molecule has 0 saturated carbocycles. The van der Waals surface area contributed by atoms with Gasteiger partial charge in [-0.05, 0) is 32.4 Å². The Hall–Kier alpha value is -0.370. The van der Waals surface area contributed by atoms with Crippen molar-refractivity contribution in [1.82, 2.24) is 5.32 Å². The van der Waals surface area contributed by atoms with Gasteiger partial charge in [-0.3, -0.25) is 4.79 Å². The molecule has 11 heavy (non-hydrogen) atoms. The fraction of sp³-hybridized carbons (Fsp3) is 0.889. The van der Waals surface area contributed by atoms with E-state index in [-0.39, 0.29) is 0 Å². The molecule has 1 aliphatic rings. The molecule has 0 aromatic carbocycles. The standard InChI is InChI=1S/C9H17NO/c1-2-3-9(11)8-4-6-10-7-5-8/h8,10H,2-7H2,1H3. The van der Waals surface area contributed by atoms with Gasteiger partial charge in [0.05, 0.1) is 0 Å². The number of Topliss-reactive ketones (excluding diaryl/α,β-unsaturated/α-hetero) is 1. The fourth-order valence-corrected chi connectivity index (χ4v) is 1.59. The van der Waals surface area contributed by atoms with Crippen LogP contribution in [0.3, 0.4) is 0 Å². The Kier molecular flexibility index (Phi) is 3.57. The van der Waals surface area contributed by atoms with Crippen LogP contribution in [0.2, 0.25) is 0 Å². The maximum Gasteiger partial charge on any atom is 0.136 e. The summed E-state index contributed by atoms with van der Waals surface area (Å²) in [6, 6.07) is 0. The summed E-state index contributed by atoms with van der Waals surface area (Å²) in [7, 11) is 0. The first kappa shape index (κ1) is 8.72. The molecule has 0 aromatic heterocycles. The van der Waals surface area contributed by atoms with Crippen molar-refractivity contribution in [3.05, 3.63) is 0 Å². The van der Waals surface area contributed by atoms with Gasteiger partial charge in [-0.25, -0.2) is 0 Å². The van der Waals surface area contributed by atoms with Crippen molar-refractivity contribution in [1.29, 1.82) is 0 Å². The van der Waals surface area contributed by atoms with E-state index in [0.29, 0.717) is 11.7 Å². The van der Waals surface area contributed by atoms with Gasteiger partial charge in [-0.15, -0.1) is 0 Å². The number of carbonyl (C=O) groups is 1. The maximum absolute atomic E-state index is 11.4. The second-order valence-corrected chi connectivity index (χ2v) is 3.24. The number of nitrogens with one attached hydrogen (secondary N) is 1. The van der Waals surface area contributed by atoms with Crippen LogP contribution in [0.25, 0.3) is 0 Å². The minimum absolute atomic E-state index is 0.371. The Morgan fingerprint density at radius 3 is 2.64 bits per heavy atom. The van der Waals surface area contributed by atoms with Gasteiger partial charge in [0.25, 0.3) is 0 Å². The maximum atomic E-state index is 11.4. The molecule has 0 amide bonds. The highest BCUT2D eigenvalue weighted by Crippen LogP contribution is 2.14. The number of piperidine rings is 1. The number of hydrogen-bond donors (Lipinski definition) is 1. The molecule has 0 spiro atoms. The molecule has 1 aliphatic heterocycles. The lowest BCUT2D eigenvalue weighted by Crippen LogP contribution is -2.31. The van der Waals surface area contributed by atoms with Crippen molar-refractivity contribution in [2.75, 3.05) is 13.1 Å². The average molecular weight is 155 g/mol. The van der Waals surface area contributed by atoms with Gasteiger partial charge in [0.2, 0.25) is 0 Å². The minimum atomic E-state index is 0.371. The Labute approximate surface area is 68.4 Å². The molecule has 64 valence electrons. The van der Waals surface area contributed by atoms with Crippen molar-refractivity contribution in [3.8, 4) is 0 Å². The first-order valence-corrected chi connectivity index (χ1v) is 4.58. The SMILES string of the molecule is CCCC(=O)C1CCNCC1. The molecule has 1 fully saturated rings. The van der Waals surface area contributed by atoms with Crippen molar-refractivity contribution >= 4 is 5.78 Å². The second-order valence-electron chi connectivity index (χ2n) is 3.24. The van der Waals surface area contributed by atoms with Gasteiger partial charge < -0.3 is 5.32 Å². The number of rotatable bonds is 3. The number of hydrogen-bond acceptors (Lipinski definition) is 2. The van der Waals surface area contributed by atoms with Crippen LogP contribution in [0.1, 0.15) is 32.6 Å². The Morgan fingerprint density at radius 1 is 1.45 bits per heavy atom. The van der Waals surface area contributed by atoms with Crippen molar-refractivity contribution in [2.24, 2.45) is 5.92 Å². The van der Waals surface area contributed by atoms with Gasteiger partial charge in [0, 0.05) is 12.3 Å². The molecule has 1 heterocycles. The van der Waals surface area contributed by atoms with Crippen LogP contribution in [0.5, 0.6) is 0 Å². The van der Waals surface area contributed by atoms with Gasteiger partial charge >= 0.3 is 0 Å². The second kappa shape index (κ2) is 4.50. The Morgan fingerprint density at radius 2 is 2.09 bits per heavy atom. The molecular formula is C9H17NO. The van der Waals surface area contributed by atoms with E-state index in [2.05, 4.69) is 12.2 Å². The molecule has 0 radical (unpaired) electrons. The predicted molar refractivity (Wildman–Crippen MR) is 45.5 cm³/mol. The third kappa shape index (κ3) is 2.62.